The summed E-state index contributed by atoms with van der Waals surface area (Å²) >= 11 is 0. The first-order chi connectivity index (χ1) is 9.54. The average Bonchev–Trinajstić information content (AvgIpc) is 2.42. The van der Waals surface area contributed by atoms with Crippen LogP contribution in [0.5, 0.6) is 0 Å². The third kappa shape index (κ3) is 4.23. The maximum absolute atomic E-state index is 11.3. The maximum Gasteiger partial charge on any atom is 0.219 e. The van der Waals surface area contributed by atoms with Gasteiger partial charge in [0.05, 0.1) is 0 Å². The average molecular weight is 275 g/mol. The lowest BCUT2D eigenvalue weighted by atomic mass is 10.0. The minimum Gasteiger partial charge on any atom is -0.382 e. The molecule has 1 aromatic rings. The molecule has 110 valence electrons. The molecule has 0 unspecified atom stereocenters. The summed E-state index contributed by atoms with van der Waals surface area (Å²) < 4.78 is 0. The quantitative estimate of drug-likeness (QED) is 0.915. The van der Waals surface area contributed by atoms with E-state index in [1.807, 2.05) is 7.05 Å². The Morgan fingerprint density at radius 3 is 2.75 bits per heavy atom. The minimum atomic E-state index is 0.0960. The van der Waals surface area contributed by atoms with Gasteiger partial charge >= 0.3 is 0 Å². The fourth-order valence-electron chi connectivity index (χ4n) is 2.53. The molecule has 0 atom stereocenters. The van der Waals surface area contributed by atoms with Gasteiger partial charge in [-0.15, -0.1) is 0 Å². The molecule has 1 fully saturated rings. The topological polar surface area (TPSA) is 35.6 Å². The van der Waals surface area contributed by atoms with Crippen molar-refractivity contribution in [2.24, 2.45) is 0 Å². The van der Waals surface area contributed by atoms with Crippen LogP contribution in [0.1, 0.15) is 25.3 Å². The number of piperidine rings is 1. The Balaban J connectivity index is 1.94. The van der Waals surface area contributed by atoms with E-state index in [4.69, 9.17) is 0 Å². The monoisotopic (exact) mass is 275 g/mol. The summed E-state index contributed by atoms with van der Waals surface area (Å²) in [7, 11) is 4.01. The molecule has 1 amide bonds. The van der Waals surface area contributed by atoms with Gasteiger partial charge in [-0.25, -0.2) is 0 Å². The summed E-state index contributed by atoms with van der Waals surface area (Å²) in [6.45, 7) is 4.58. The van der Waals surface area contributed by atoms with Gasteiger partial charge in [0.2, 0.25) is 5.91 Å². The molecule has 20 heavy (non-hydrogen) atoms. The van der Waals surface area contributed by atoms with Gasteiger partial charge < -0.3 is 15.1 Å². The summed E-state index contributed by atoms with van der Waals surface area (Å²) in [5.74, 6) is 0.0960. The zero-order valence-electron chi connectivity index (χ0n) is 12.7. The Bertz CT molecular complexity index is 453. The van der Waals surface area contributed by atoms with E-state index in [-0.39, 0.29) is 5.91 Å². The lowest BCUT2D eigenvalue weighted by molar-refractivity contribution is -0.128. The van der Waals surface area contributed by atoms with Crippen molar-refractivity contribution in [2.45, 2.75) is 32.4 Å². The number of hydrogen-bond donors (Lipinski definition) is 1. The Kier molecular flexibility index (Phi) is 5.01. The first-order valence-corrected chi connectivity index (χ1v) is 7.30. The number of benzene rings is 1. The van der Waals surface area contributed by atoms with E-state index in [1.165, 1.54) is 18.4 Å². The second kappa shape index (κ2) is 6.75. The van der Waals surface area contributed by atoms with Crippen LogP contribution < -0.4 is 5.32 Å². The van der Waals surface area contributed by atoms with E-state index in [1.54, 1.807) is 11.8 Å². The minimum absolute atomic E-state index is 0.0960. The van der Waals surface area contributed by atoms with E-state index in [0.29, 0.717) is 12.6 Å². The normalized spacial score (nSPS) is 16.9. The fourth-order valence-corrected chi connectivity index (χ4v) is 2.53. The summed E-state index contributed by atoms with van der Waals surface area (Å²) in [6, 6.07) is 8.94. The predicted octanol–water partition coefficient (Wildman–Crippen LogP) is 2.17. The van der Waals surface area contributed by atoms with Gasteiger partial charge in [-0.1, -0.05) is 12.1 Å². The van der Waals surface area contributed by atoms with Crippen molar-refractivity contribution in [3.05, 3.63) is 29.8 Å². The van der Waals surface area contributed by atoms with Gasteiger partial charge in [-0.2, -0.15) is 0 Å². The van der Waals surface area contributed by atoms with Crippen LogP contribution >= 0.6 is 0 Å². The van der Waals surface area contributed by atoms with Crippen LogP contribution in [0.4, 0.5) is 5.69 Å². The molecule has 0 aromatic heterocycles. The first-order valence-electron chi connectivity index (χ1n) is 7.30. The molecule has 0 radical (unpaired) electrons. The highest BCUT2D eigenvalue weighted by atomic mass is 16.2. The van der Waals surface area contributed by atoms with Crippen molar-refractivity contribution in [1.82, 2.24) is 9.80 Å². The van der Waals surface area contributed by atoms with Crippen molar-refractivity contribution in [3.63, 3.8) is 0 Å². The van der Waals surface area contributed by atoms with E-state index < -0.39 is 0 Å². The molecule has 1 aromatic carbocycles. The third-order valence-electron chi connectivity index (χ3n) is 3.97. The Morgan fingerprint density at radius 2 is 2.10 bits per heavy atom. The molecule has 1 aliphatic heterocycles. The van der Waals surface area contributed by atoms with Crippen LogP contribution in [0.15, 0.2) is 24.3 Å². The number of rotatable bonds is 4. The number of amides is 1. The molecule has 1 saturated heterocycles. The molecule has 2 rings (SSSR count). The van der Waals surface area contributed by atoms with E-state index >= 15 is 0 Å². The summed E-state index contributed by atoms with van der Waals surface area (Å²) in [4.78, 5) is 15.4. The van der Waals surface area contributed by atoms with E-state index in [2.05, 4.69) is 41.5 Å². The summed E-state index contributed by atoms with van der Waals surface area (Å²) in [5, 5.41) is 3.61. The van der Waals surface area contributed by atoms with Crippen molar-refractivity contribution in [3.8, 4) is 0 Å². The van der Waals surface area contributed by atoms with Crippen LogP contribution in [0, 0.1) is 0 Å². The molecule has 1 heterocycles. The zero-order chi connectivity index (χ0) is 14.5. The Morgan fingerprint density at radius 1 is 1.40 bits per heavy atom. The van der Waals surface area contributed by atoms with Crippen molar-refractivity contribution in [1.29, 1.82) is 0 Å². The maximum atomic E-state index is 11.3. The molecule has 0 saturated carbocycles. The Hall–Kier alpha value is -1.55. The van der Waals surface area contributed by atoms with Crippen LogP contribution in [0.3, 0.4) is 0 Å². The van der Waals surface area contributed by atoms with Gasteiger partial charge in [-0.05, 0) is 50.7 Å². The van der Waals surface area contributed by atoms with Crippen molar-refractivity contribution >= 4 is 11.6 Å². The lowest BCUT2D eigenvalue weighted by Gasteiger charge is -2.30. The molecular weight excluding hydrogens is 250 g/mol. The zero-order valence-corrected chi connectivity index (χ0v) is 12.7. The SMILES string of the molecule is CC(=O)N(C)Cc1cccc(NC2CCN(C)CC2)c1. The van der Waals surface area contributed by atoms with Crippen LogP contribution in [0.2, 0.25) is 0 Å². The summed E-state index contributed by atoms with van der Waals surface area (Å²) in [5.41, 5.74) is 2.33. The van der Waals surface area contributed by atoms with Gasteiger partial charge in [0, 0.05) is 32.2 Å². The highest BCUT2D eigenvalue weighted by Gasteiger charge is 2.16. The van der Waals surface area contributed by atoms with E-state index in [9.17, 15) is 4.79 Å². The van der Waals surface area contributed by atoms with Crippen molar-refractivity contribution < 1.29 is 4.79 Å². The lowest BCUT2D eigenvalue weighted by Crippen LogP contribution is -2.36. The van der Waals surface area contributed by atoms with Crippen LogP contribution in [-0.2, 0) is 11.3 Å². The highest BCUT2D eigenvalue weighted by Crippen LogP contribution is 2.17. The molecule has 4 heteroatoms. The molecule has 0 spiro atoms. The first kappa shape index (κ1) is 14.9. The number of anilines is 1. The number of likely N-dealkylation sites (tertiary alicyclic amines) is 1. The van der Waals surface area contributed by atoms with Gasteiger partial charge in [-0.3, -0.25) is 4.79 Å². The van der Waals surface area contributed by atoms with Crippen LogP contribution in [0.25, 0.3) is 0 Å². The van der Waals surface area contributed by atoms with Gasteiger partial charge in [0.15, 0.2) is 0 Å². The number of carbonyl (C=O) groups is 1. The second-order valence-electron chi connectivity index (χ2n) is 5.80. The van der Waals surface area contributed by atoms with Crippen molar-refractivity contribution in [2.75, 3.05) is 32.5 Å². The Labute approximate surface area is 121 Å². The van der Waals surface area contributed by atoms with Gasteiger partial charge in [0.25, 0.3) is 0 Å². The number of carbonyl (C=O) groups excluding carboxylic acids is 1. The molecule has 0 aliphatic carbocycles. The fraction of sp³-hybridized carbons (Fsp3) is 0.562. The van der Waals surface area contributed by atoms with Crippen LogP contribution in [-0.4, -0.2) is 48.9 Å². The molecule has 1 aliphatic rings. The summed E-state index contributed by atoms with van der Waals surface area (Å²) in [6.07, 6.45) is 2.38. The second-order valence-corrected chi connectivity index (χ2v) is 5.80. The molecular formula is C16H25N3O. The van der Waals surface area contributed by atoms with E-state index in [0.717, 1.165) is 18.8 Å². The smallest absolute Gasteiger partial charge is 0.219 e. The highest BCUT2D eigenvalue weighted by molar-refractivity contribution is 5.72. The number of nitrogens with zero attached hydrogens (tertiary/aromatic N) is 2. The molecule has 0 bridgehead atoms. The standard InChI is InChI=1S/C16H25N3O/c1-13(20)19(3)12-14-5-4-6-16(11-14)17-15-7-9-18(2)10-8-15/h4-6,11,15,17H,7-10,12H2,1-3H3. The number of hydrogen-bond acceptors (Lipinski definition) is 3. The largest absolute Gasteiger partial charge is 0.382 e. The van der Waals surface area contributed by atoms with Gasteiger partial charge in [0.1, 0.15) is 0 Å². The molecule has 1 N–H and O–H groups in total. The molecule has 4 nitrogen and oxygen atoms in total. The third-order valence-corrected chi connectivity index (χ3v) is 3.97. The number of nitrogens with one attached hydrogen (secondary N) is 1. The predicted molar refractivity (Wildman–Crippen MR) is 82.7 cm³/mol.